The van der Waals surface area contributed by atoms with Gasteiger partial charge >= 0.3 is 0 Å². The third-order valence-electron chi connectivity index (χ3n) is 5.51. The fourth-order valence-electron chi connectivity index (χ4n) is 3.95. The average molecular weight is 507 g/mol. The summed E-state index contributed by atoms with van der Waals surface area (Å²) in [5.74, 6) is 3.67. The van der Waals surface area contributed by atoms with Crippen molar-refractivity contribution < 1.29 is 30.1 Å². The van der Waals surface area contributed by atoms with Gasteiger partial charge in [-0.3, -0.25) is 4.21 Å². The SMILES string of the molecule is C=CS(=C)(=O)c1cccc(N2Cc3cc(S(=O)(=O)[O-])cc4c(N)c(S(=O)(=O)[O-])cc(c34)C2)c1. The first kappa shape index (κ1) is 23.3. The molecule has 0 radical (unpaired) electrons. The van der Waals surface area contributed by atoms with E-state index in [1.165, 1.54) is 17.5 Å². The van der Waals surface area contributed by atoms with Crippen molar-refractivity contribution in [3.63, 3.8) is 0 Å². The molecule has 0 amide bonds. The molecule has 1 heterocycles. The molecule has 1 aliphatic heterocycles. The Morgan fingerprint density at radius 3 is 2.12 bits per heavy atom. The molecule has 1 unspecified atom stereocenters. The van der Waals surface area contributed by atoms with Crippen LogP contribution in [0.4, 0.5) is 11.4 Å². The van der Waals surface area contributed by atoms with Crippen molar-refractivity contribution in [3.05, 3.63) is 65.6 Å². The predicted molar refractivity (Wildman–Crippen MR) is 124 cm³/mol. The van der Waals surface area contributed by atoms with Gasteiger partial charge in [0.2, 0.25) is 0 Å². The number of benzene rings is 3. The lowest BCUT2D eigenvalue weighted by Crippen LogP contribution is -2.27. The molecule has 3 aromatic rings. The summed E-state index contributed by atoms with van der Waals surface area (Å²) in [6.45, 7) is 3.83. The Balaban J connectivity index is 1.98. The van der Waals surface area contributed by atoms with E-state index >= 15 is 0 Å². The van der Waals surface area contributed by atoms with E-state index in [1.54, 1.807) is 29.2 Å². The van der Waals surface area contributed by atoms with Gasteiger partial charge in [0.05, 0.1) is 15.5 Å². The van der Waals surface area contributed by atoms with Crippen LogP contribution in [0.2, 0.25) is 0 Å². The van der Waals surface area contributed by atoms with Gasteiger partial charge in [0.25, 0.3) is 0 Å². The van der Waals surface area contributed by atoms with Crippen molar-refractivity contribution in [1.29, 1.82) is 0 Å². The van der Waals surface area contributed by atoms with Crippen molar-refractivity contribution >= 4 is 57.8 Å². The molecular weight excluding hydrogens is 488 g/mol. The summed E-state index contributed by atoms with van der Waals surface area (Å²) in [7, 11) is -12.6. The van der Waals surface area contributed by atoms with Gasteiger partial charge in [-0.2, -0.15) is 0 Å². The molecule has 0 spiro atoms. The first-order valence-corrected chi connectivity index (χ1v) is 14.0. The van der Waals surface area contributed by atoms with Gasteiger partial charge < -0.3 is 19.7 Å². The molecule has 0 fully saturated rings. The molecule has 12 heteroatoms. The Hall–Kier alpha value is -2.90. The highest BCUT2D eigenvalue weighted by molar-refractivity contribution is 8.03. The molecule has 0 bridgehead atoms. The Bertz CT molecular complexity index is 1650. The second-order valence-electron chi connectivity index (χ2n) is 7.61. The topological polar surface area (TPSA) is 161 Å². The van der Waals surface area contributed by atoms with Gasteiger partial charge in [-0.25, -0.2) is 16.8 Å². The van der Waals surface area contributed by atoms with Crippen LogP contribution >= 0.6 is 0 Å². The van der Waals surface area contributed by atoms with Crippen molar-refractivity contribution in [2.75, 3.05) is 10.6 Å². The first-order valence-electron chi connectivity index (χ1n) is 9.37. The lowest BCUT2D eigenvalue weighted by atomic mass is 9.93. The largest absolute Gasteiger partial charge is 0.744 e. The standard InChI is InChI=1S/C21H20N2O7S3/c1-3-31(2,24)16-6-4-5-15(9-16)23-11-13-7-17(32(25,26)27)10-18-20(13)14(12-23)8-19(21(18)22)33(28,29)30/h3-10H,1-2,11-12,22H2,(H,25,26,27)(H,28,29,30)/p-2. The number of nitrogens with two attached hydrogens (primary N) is 1. The number of rotatable bonds is 5. The van der Waals surface area contributed by atoms with Gasteiger partial charge in [0.15, 0.2) is 0 Å². The number of hydrogen-bond acceptors (Lipinski definition) is 9. The van der Waals surface area contributed by atoms with Crippen LogP contribution in [0.5, 0.6) is 0 Å². The van der Waals surface area contributed by atoms with Crippen LogP contribution in [0.15, 0.2) is 69.1 Å². The van der Waals surface area contributed by atoms with Gasteiger partial charge in [0, 0.05) is 38.6 Å². The van der Waals surface area contributed by atoms with E-state index in [-0.39, 0.29) is 18.5 Å². The first-order chi connectivity index (χ1) is 15.2. The molecule has 174 valence electrons. The quantitative estimate of drug-likeness (QED) is 0.310. The summed E-state index contributed by atoms with van der Waals surface area (Å²) in [5.41, 5.74) is 6.93. The normalized spacial score (nSPS) is 15.9. The molecule has 0 saturated heterocycles. The third-order valence-corrected chi connectivity index (χ3v) is 8.79. The maximum Gasteiger partial charge on any atom is 0.126 e. The van der Waals surface area contributed by atoms with E-state index in [1.807, 2.05) is 0 Å². The highest BCUT2D eigenvalue weighted by Gasteiger charge is 2.25. The molecular formula is C21H18N2O7S3-2. The second kappa shape index (κ2) is 7.57. The summed E-state index contributed by atoms with van der Waals surface area (Å²) < 4.78 is 83.3. The Morgan fingerprint density at radius 2 is 1.55 bits per heavy atom. The van der Waals surface area contributed by atoms with Crippen molar-refractivity contribution in [2.24, 2.45) is 0 Å². The number of nitrogens with zero attached hydrogens (tertiary/aromatic N) is 1. The van der Waals surface area contributed by atoms with Gasteiger partial charge in [-0.15, -0.1) is 0 Å². The lowest BCUT2D eigenvalue weighted by Gasteiger charge is -2.33. The Morgan fingerprint density at radius 1 is 0.909 bits per heavy atom. The number of anilines is 2. The zero-order chi connectivity index (χ0) is 24.3. The summed E-state index contributed by atoms with van der Waals surface area (Å²) in [4.78, 5) is 0.894. The van der Waals surface area contributed by atoms with Gasteiger partial charge in [-0.05, 0) is 64.2 Å². The zero-order valence-corrected chi connectivity index (χ0v) is 19.5. The third kappa shape index (κ3) is 4.11. The molecule has 9 nitrogen and oxygen atoms in total. The smallest absolute Gasteiger partial charge is 0.126 e. The molecule has 1 atom stereocenters. The molecule has 0 aliphatic carbocycles. The predicted octanol–water partition coefficient (Wildman–Crippen LogP) is 1.97. The van der Waals surface area contributed by atoms with E-state index < -0.39 is 45.2 Å². The average Bonchev–Trinajstić information content (AvgIpc) is 2.74. The fourth-order valence-corrected chi connectivity index (χ4v) is 5.98. The minimum atomic E-state index is -4.98. The van der Waals surface area contributed by atoms with Crippen LogP contribution in [-0.4, -0.2) is 36.0 Å². The van der Waals surface area contributed by atoms with Crippen LogP contribution in [0, 0.1) is 0 Å². The van der Waals surface area contributed by atoms with E-state index in [0.717, 1.165) is 6.07 Å². The molecule has 0 aromatic heterocycles. The maximum absolute atomic E-state index is 12.6. The second-order valence-corrected chi connectivity index (χ2v) is 12.6. The minimum Gasteiger partial charge on any atom is -0.744 e. The minimum absolute atomic E-state index is 0.00897. The summed E-state index contributed by atoms with van der Waals surface area (Å²) in [6.07, 6.45) is 0. The van der Waals surface area contributed by atoms with E-state index in [2.05, 4.69) is 12.4 Å². The van der Waals surface area contributed by atoms with Crippen LogP contribution < -0.4 is 10.6 Å². The molecule has 1 aliphatic rings. The summed E-state index contributed by atoms with van der Waals surface area (Å²) >= 11 is 0. The van der Waals surface area contributed by atoms with Crippen LogP contribution in [0.3, 0.4) is 0 Å². The highest BCUT2D eigenvalue weighted by Crippen LogP contribution is 2.40. The number of hydrogen-bond donors (Lipinski definition) is 1. The highest BCUT2D eigenvalue weighted by atomic mass is 32.2. The monoisotopic (exact) mass is 506 g/mol. The van der Waals surface area contributed by atoms with E-state index in [9.17, 15) is 30.1 Å². The summed E-state index contributed by atoms with van der Waals surface area (Å²) in [5, 5.41) is 1.74. The Labute approximate surface area is 191 Å². The molecule has 4 rings (SSSR count). The molecule has 3 aromatic carbocycles. The van der Waals surface area contributed by atoms with Crippen molar-refractivity contribution in [2.45, 2.75) is 27.8 Å². The maximum atomic E-state index is 12.6. The zero-order valence-electron chi connectivity index (χ0n) is 17.1. The fraction of sp³-hybridized carbons (Fsp3) is 0.0952. The van der Waals surface area contributed by atoms with E-state index in [0.29, 0.717) is 27.1 Å². The number of nitrogen functional groups attached to an aromatic ring is 1. The molecule has 2 N–H and O–H groups in total. The van der Waals surface area contributed by atoms with Crippen LogP contribution in [0.1, 0.15) is 11.1 Å². The molecule has 33 heavy (non-hydrogen) atoms. The molecule has 0 saturated carbocycles. The van der Waals surface area contributed by atoms with E-state index in [4.69, 9.17) is 5.73 Å². The van der Waals surface area contributed by atoms with Crippen LogP contribution in [-0.2, 0) is 42.8 Å². The Kier molecular flexibility index (Phi) is 5.34. The lowest BCUT2D eigenvalue weighted by molar-refractivity contribution is 0.461. The van der Waals surface area contributed by atoms with Crippen molar-refractivity contribution in [1.82, 2.24) is 0 Å². The van der Waals surface area contributed by atoms with Gasteiger partial charge in [-0.1, -0.05) is 12.6 Å². The van der Waals surface area contributed by atoms with Crippen LogP contribution in [0.25, 0.3) is 10.8 Å². The van der Waals surface area contributed by atoms with Gasteiger partial charge in [0.1, 0.15) is 20.2 Å². The summed E-state index contributed by atoms with van der Waals surface area (Å²) in [6, 6.07) is 10.0. The van der Waals surface area contributed by atoms with Crippen molar-refractivity contribution in [3.8, 4) is 0 Å².